The van der Waals surface area contributed by atoms with Crippen LogP contribution in [0.5, 0.6) is 5.75 Å². The van der Waals surface area contributed by atoms with E-state index in [1.807, 2.05) is 56.3 Å². The lowest BCUT2D eigenvalue weighted by Crippen LogP contribution is -2.28. The van der Waals surface area contributed by atoms with E-state index < -0.39 is 0 Å². The Hall–Kier alpha value is -2.80. The fraction of sp³-hybridized carbons (Fsp3) is 0.318. The summed E-state index contributed by atoms with van der Waals surface area (Å²) in [5.41, 5.74) is 1.49. The average molecular weight is 412 g/mol. The van der Waals surface area contributed by atoms with E-state index >= 15 is 0 Å². The van der Waals surface area contributed by atoms with Crippen LogP contribution in [0.25, 0.3) is 10.9 Å². The zero-order chi connectivity index (χ0) is 20.8. The zero-order valence-corrected chi connectivity index (χ0v) is 17.7. The summed E-state index contributed by atoms with van der Waals surface area (Å²) in [6.45, 7) is 4.40. The Morgan fingerprint density at radius 1 is 1.21 bits per heavy atom. The summed E-state index contributed by atoms with van der Waals surface area (Å²) < 4.78 is 7.01. The summed E-state index contributed by atoms with van der Waals surface area (Å²) in [7, 11) is 1.61. The molecule has 0 saturated carbocycles. The molecule has 0 saturated heterocycles. The summed E-state index contributed by atoms with van der Waals surface area (Å²) in [4.78, 5) is 30.0. The molecule has 0 unspecified atom stereocenters. The highest BCUT2D eigenvalue weighted by Crippen LogP contribution is 2.22. The molecule has 3 rings (SSSR count). The molecule has 0 fully saturated rings. The van der Waals surface area contributed by atoms with E-state index in [0.717, 1.165) is 17.7 Å². The fourth-order valence-electron chi connectivity index (χ4n) is 3.02. The molecule has 152 valence electrons. The lowest BCUT2D eigenvalue weighted by atomic mass is 10.2. The van der Waals surface area contributed by atoms with Crippen LogP contribution in [0.4, 0.5) is 0 Å². The maximum atomic E-state index is 13.0. The van der Waals surface area contributed by atoms with Gasteiger partial charge in [0, 0.05) is 18.2 Å². The van der Waals surface area contributed by atoms with Crippen molar-refractivity contribution in [2.75, 3.05) is 12.9 Å². The Morgan fingerprint density at radius 2 is 1.93 bits per heavy atom. The SMILES string of the molecule is CC[C@@H](C)n1c(SCC(=O)NCc2ccccc2OC)nc2ccccc2c1=O. The molecule has 2 aromatic carbocycles. The van der Waals surface area contributed by atoms with Crippen molar-refractivity contribution in [1.82, 2.24) is 14.9 Å². The molecule has 3 aromatic rings. The number of hydrogen-bond acceptors (Lipinski definition) is 5. The summed E-state index contributed by atoms with van der Waals surface area (Å²) in [6, 6.07) is 14.9. The van der Waals surface area contributed by atoms with E-state index in [1.54, 1.807) is 17.7 Å². The first-order valence-electron chi connectivity index (χ1n) is 9.57. The van der Waals surface area contributed by atoms with Crippen LogP contribution in [0.2, 0.25) is 0 Å². The van der Waals surface area contributed by atoms with E-state index in [0.29, 0.717) is 22.6 Å². The number of ether oxygens (including phenoxy) is 1. The molecule has 1 aromatic heterocycles. The highest BCUT2D eigenvalue weighted by atomic mass is 32.2. The third kappa shape index (κ3) is 4.79. The average Bonchev–Trinajstić information content (AvgIpc) is 2.76. The van der Waals surface area contributed by atoms with Crippen LogP contribution in [0.1, 0.15) is 31.9 Å². The van der Waals surface area contributed by atoms with Crippen molar-refractivity contribution in [1.29, 1.82) is 0 Å². The lowest BCUT2D eigenvalue weighted by Gasteiger charge is -2.18. The fourth-order valence-corrected chi connectivity index (χ4v) is 3.95. The number of carbonyl (C=O) groups excluding carboxylic acids is 1. The number of benzene rings is 2. The number of nitrogens with zero attached hydrogens (tertiary/aromatic N) is 2. The smallest absolute Gasteiger partial charge is 0.262 e. The Balaban J connectivity index is 1.75. The Labute approximate surface area is 174 Å². The molecule has 7 heteroatoms. The van der Waals surface area contributed by atoms with Crippen LogP contribution >= 0.6 is 11.8 Å². The first-order valence-corrected chi connectivity index (χ1v) is 10.6. The first kappa shape index (κ1) is 20.9. The number of hydrogen-bond donors (Lipinski definition) is 1. The minimum atomic E-state index is -0.126. The lowest BCUT2D eigenvalue weighted by molar-refractivity contribution is -0.118. The van der Waals surface area contributed by atoms with E-state index in [-0.39, 0.29) is 23.3 Å². The van der Waals surface area contributed by atoms with Gasteiger partial charge in [0.2, 0.25) is 5.91 Å². The number of nitrogens with one attached hydrogen (secondary N) is 1. The van der Waals surface area contributed by atoms with E-state index in [2.05, 4.69) is 10.3 Å². The van der Waals surface area contributed by atoms with Gasteiger partial charge in [-0.2, -0.15) is 0 Å². The summed E-state index contributed by atoms with van der Waals surface area (Å²) >= 11 is 1.28. The molecule has 1 heterocycles. The predicted molar refractivity (Wildman–Crippen MR) is 117 cm³/mol. The number of amides is 1. The number of carbonyl (C=O) groups is 1. The molecule has 0 aliphatic carbocycles. The summed E-state index contributed by atoms with van der Waals surface area (Å²) in [6.07, 6.45) is 0.799. The van der Waals surface area contributed by atoms with Crippen molar-refractivity contribution in [3.63, 3.8) is 0 Å². The number of rotatable bonds is 8. The first-order chi connectivity index (χ1) is 14.0. The quantitative estimate of drug-likeness (QED) is 0.451. The van der Waals surface area contributed by atoms with Crippen LogP contribution in [0.3, 0.4) is 0 Å². The maximum absolute atomic E-state index is 13.0. The second-order valence-corrected chi connectivity index (χ2v) is 7.66. The van der Waals surface area contributed by atoms with Gasteiger partial charge in [-0.25, -0.2) is 4.98 Å². The molecule has 1 amide bonds. The third-order valence-corrected chi connectivity index (χ3v) is 5.76. The molecule has 0 bridgehead atoms. The Morgan fingerprint density at radius 3 is 2.69 bits per heavy atom. The van der Waals surface area contributed by atoms with Crippen molar-refractivity contribution in [3.05, 3.63) is 64.4 Å². The summed E-state index contributed by atoms with van der Waals surface area (Å²) in [5, 5.41) is 4.06. The number of para-hydroxylation sites is 2. The van der Waals surface area contributed by atoms with E-state index in [4.69, 9.17) is 4.74 Å². The van der Waals surface area contributed by atoms with Crippen LogP contribution in [0.15, 0.2) is 58.5 Å². The predicted octanol–water partition coefficient (Wildman–Crippen LogP) is 3.78. The third-order valence-electron chi connectivity index (χ3n) is 4.81. The normalized spacial score (nSPS) is 12.0. The molecular formula is C22H25N3O3S. The second-order valence-electron chi connectivity index (χ2n) is 6.72. The van der Waals surface area contributed by atoms with Crippen molar-refractivity contribution < 1.29 is 9.53 Å². The van der Waals surface area contributed by atoms with Gasteiger partial charge in [-0.15, -0.1) is 0 Å². The molecule has 1 N–H and O–H groups in total. The molecule has 0 aliphatic heterocycles. The van der Waals surface area contributed by atoms with Crippen molar-refractivity contribution in [2.45, 2.75) is 38.0 Å². The molecular weight excluding hydrogens is 386 g/mol. The number of aromatic nitrogens is 2. The minimum Gasteiger partial charge on any atom is -0.496 e. The van der Waals surface area contributed by atoms with Gasteiger partial charge in [0.1, 0.15) is 5.75 Å². The maximum Gasteiger partial charge on any atom is 0.262 e. The van der Waals surface area contributed by atoms with E-state index in [1.165, 1.54) is 11.8 Å². The van der Waals surface area contributed by atoms with Crippen LogP contribution in [-0.4, -0.2) is 28.3 Å². The van der Waals surface area contributed by atoms with E-state index in [9.17, 15) is 9.59 Å². The number of fused-ring (bicyclic) bond motifs is 1. The van der Waals surface area contributed by atoms with Gasteiger partial charge in [0.25, 0.3) is 5.56 Å². The molecule has 0 spiro atoms. The standard InChI is InChI=1S/C22H25N3O3S/c1-4-15(2)25-21(27)17-10-6-7-11-18(17)24-22(25)29-14-20(26)23-13-16-9-5-8-12-19(16)28-3/h5-12,15H,4,13-14H2,1-3H3,(H,23,26)/t15-/m1/s1. The molecule has 29 heavy (non-hydrogen) atoms. The number of methoxy groups -OCH3 is 1. The van der Waals surface area contributed by atoms with Crippen molar-refractivity contribution in [3.8, 4) is 5.75 Å². The van der Waals surface area contributed by atoms with Crippen LogP contribution in [0, 0.1) is 0 Å². The second kappa shape index (κ2) is 9.60. The highest BCUT2D eigenvalue weighted by molar-refractivity contribution is 7.99. The van der Waals surface area contributed by atoms with Crippen LogP contribution < -0.4 is 15.6 Å². The zero-order valence-electron chi connectivity index (χ0n) is 16.8. The van der Waals surface area contributed by atoms with Crippen LogP contribution in [-0.2, 0) is 11.3 Å². The number of thioether (sulfide) groups is 1. The van der Waals surface area contributed by atoms with Crippen molar-refractivity contribution >= 4 is 28.6 Å². The van der Waals surface area contributed by atoms with Gasteiger partial charge in [-0.1, -0.05) is 49.0 Å². The van der Waals surface area contributed by atoms with Gasteiger partial charge in [-0.3, -0.25) is 14.2 Å². The van der Waals surface area contributed by atoms with Crippen molar-refractivity contribution in [2.24, 2.45) is 0 Å². The topological polar surface area (TPSA) is 73.2 Å². The summed E-state index contributed by atoms with van der Waals surface area (Å²) in [5.74, 6) is 0.789. The van der Waals surface area contributed by atoms with Gasteiger partial charge in [0.15, 0.2) is 5.16 Å². The Kier molecular flexibility index (Phi) is 6.93. The molecule has 0 radical (unpaired) electrons. The van der Waals surface area contributed by atoms with Gasteiger partial charge >= 0.3 is 0 Å². The van der Waals surface area contributed by atoms with Gasteiger partial charge < -0.3 is 10.1 Å². The monoisotopic (exact) mass is 411 g/mol. The minimum absolute atomic E-state index is 0.00116. The Bertz CT molecular complexity index is 1060. The molecule has 0 aliphatic rings. The highest BCUT2D eigenvalue weighted by Gasteiger charge is 2.16. The van der Waals surface area contributed by atoms with Gasteiger partial charge in [0.05, 0.1) is 23.8 Å². The largest absolute Gasteiger partial charge is 0.496 e. The van der Waals surface area contributed by atoms with Gasteiger partial charge in [-0.05, 0) is 31.5 Å². The molecule has 1 atom stereocenters. The molecule has 6 nitrogen and oxygen atoms in total.